The second kappa shape index (κ2) is 5.05. The second-order valence-electron chi connectivity index (χ2n) is 4.32. The molecular weight excluding hydrogens is 206 g/mol. The first-order valence-corrected chi connectivity index (χ1v) is 6.43. The van der Waals surface area contributed by atoms with Crippen LogP contribution >= 0.6 is 11.3 Å². The van der Waals surface area contributed by atoms with Crippen molar-refractivity contribution in [1.82, 2.24) is 15.6 Å². The first-order valence-electron chi connectivity index (χ1n) is 5.61. The van der Waals surface area contributed by atoms with Gasteiger partial charge in [0.2, 0.25) is 0 Å². The van der Waals surface area contributed by atoms with Gasteiger partial charge in [0.1, 0.15) is 5.01 Å². The van der Waals surface area contributed by atoms with Gasteiger partial charge in [0.05, 0.1) is 0 Å². The molecule has 15 heavy (non-hydrogen) atoms. The molecule has 3 nitrogen and oxygen atoms in total. The highest BCUT2D eigenvalue weighted by molar-refractivity contribution is 7.11. The SMILES string of the molecule is Cc1cnc(CNCC2NCCC2C)s1. The van der Waals surface area contributed by atoms with Crippen molar-refractivity contribution in [3.05, 3.63) is 16.1 Å². The summed E-state index contributed by atoms with van der Waals surface area (Å²) in [6, 6.07) is 0.644. The Morgan fingerprint density at radius 1 is 1.67 bits per heavy atom. The van der Waals surface area contributed by atoms with Gasteiger partial charge in [0.25, 0.3) is 0 Å². The van der Waals surface area contributed by atoms with E-state index in [1.54, 1.807) is 11.3 Å². The molecule has 1 fully saturated rings. The van der Waals surface area contributed by atoms with Crippen molar-refractivity contribution >= 4 is 11.3 Å². The summed E-state index contributed by atoms with van der Waals surface area (Å²) >= 11 is 1.78. The predicted molar refractivity (Wildman–Crippen MR) is 64.1 cm³/mol. The standard InChI is InChI=1S/C11H19N3S/c1-8-3-4-13-10(8)6-12-7-11-14-5-9(2)15-11/h5,8,10,12-13H,3-4,6-7H2,1-2H3. The van der Waals surface area contributed by atoms with Gasteiger partial charge in [-0.25, -0.2) is 4.98 Å². The topological polar surface area (TPSA) is 37.0 Å². The summed E-state index contributed by atoms with van der Waals surface area (Å²) < 4.78 is 0. The Balaban J connectivity index is 1.70. The van der Waals surface area contributed by atoms with Crippen LogP contribution in [0.4, 0.5) is 0 Å². The van der Waals surface area contributed by atoms with Gasteiger partial charge in [-0.2, -0.15) is 0 Å². The zero-order chi connectivity index (χ0) is 10.7. The van der Waals surface area contributed by atoms with Crippen molar-refractivity contribution in [3.8, 4) is 0 Å². The second-order valence-corrected chi connectivity index (χ2v) is 5.64. The van der Waals surface area contributed by atoms with Gasteiger partial charge in [-0.1, -0.05) is 6.92 Å². The number of nitrogens with one attached hydrogen (secondary N) is 2. The van der Waals surface area contributed by atoms with Crippen LogP contribution in [0.1, 0.15) is 23.2 Å². The fourth-order valence-electron chi connectivity index (χ4n) is 1.99. The molecule has 2 N–H and O–H groups in total. The molecule has 0 aromatic carbocycles. The molecule has 2 unspecified atom stereocenters. The third kappa shape index (κ3) is 3.00. The molecule has 4 heteroatoms. The lowest BCUT2D eigenvalue weighted by Gasteiger charge is -2.15. The molecule has 2 rings (SSSR count). The van der Waals surface area contributed by atoms with Crippen LogP contribution < -0.4 is 10.6 Å². The van der Waals surface area contributed by atoms with Crippen molar-refractivity contribution in [1.29, 1.82) is 0 Å². The van der Waals surface area contributed by atoms with Crippen molar-refractivity contribution in [3.63, 3.8) is 0 Å². The molecule has 1 saturated heterocycles. The molecule has 0 amide bonds. The van der Waals surface area contributed by atoms with Crippen LogP contribution in [0.2, 0.25) is 0 Å². The van der Waals surface area contributed by atoms with Crippen LogP contribution in [0.3, 0.4) is 0 Å². The summed E-state index contributed by atoms with van der Waals surface area (Å²) in [6.07, 6.45) is 3.25. The molecule has 1 aliphatic rings. The van der Waals surface area contributed by atoms with Crippen molar-refractivity contribution in [2.45, 2.75) is 32.9 Å². The zero-order valence-electron chi connectivity index (χ0n) is 9.42. The minimum Gasteiger partial charge on any atom is -0.312 e. The van der Waals surface area contributed by atoms with E-state index >= 15 is 0 Å². The van der Waals surface area contributed by atoms with Crippen molar-refractivity contribution in [2.75, 3.05) is 13.1 Å². The Morgan fingerprint density at radius 2 is 2.53 bits per heavy atom. The summed E-state index contributed by atoms with van der Waals surface area (Å²) in [5, 5.41) is 8.18. The predicted octanol–water partition coefficient (Wildman–Crippen LogP) is 1.54. The summed E-state index contributed by atoms with van der Waals surface area (Å²) in [7, 11) is 0. The Kier molecular flexibility index (Phi) is 3.72. The van der Waals surface area contributed by atoms with Gasteiger partial charge < -0.3 is 10.6 Å². The first kappa shape index (κ1) is 11.0. The minimum atomic E-state index is 0.644. The van der Waals surface area contributed by atoms with Gasteiger partial charge in [0.15, 0.2) is 0 Å². The quantitative estimate of drug-likeness (QED) is 0.816. The van der Waals surface area contributed by atoms with E-state index in [2.05, 4.69) is 29.5 Å². The molecule has 2 atom stereocenters. The molecule has 0 aliphatic carbocycles. The maximum atomic E-state index is 4.33. The number of rotatable bonds is 4. The Morgan fingerprint density at radius 3 is 3.13 bits per heavy atom. The van der Waals surface area contributed by atoms with Crippen LogP contribution in [-0.2, 0) is 6.54 Å². The smallest absolute Gasteiger partial charge is 0.107 e. The highest BCUT2D eigenvalue weighted by Gasteiger charge is 2.21. The highest BCUT2D eigenvalue weighted by atomic mass is 32.1. The van der Waals surface area contributed by atoms with E-state index in [9.17, 15) is 0 Å². The van der Waals surface area contributed by atoms with Crippen LogP contribution in [0.25, 0.3) is 0 Å². The van der Waals surface area contributed by atoms with E-state index in [1.807, 2.05) is 6.20 Å². The normalized spacial score (nSPS) is 26.0. The molecule has 0 radical (unpaired) electrons. The fraction of sp³-hybridized carbons (Fsp3) is 0.727. The number of hydrogen-bond acceptors (Lipinski definition) is 4. The molecule has 0 saturated carbocycles. The van der Waals surface area contributed by atoms with E-state index in [0.717, 1.165) is 19.0 Å². The maximum Gasteiger partial charge on any atom is 0.107 e. The third-order valence-electron chi connectivity index (χ3n) is 3.00. The van der Waals surface area contributed by atoms with Crippen LogP contribution in [0, 0.1) is 12.8 Å². The average Bonchev–Trinajstić information content (AvgIpc) is 2.77. The fourth-order valence-corrected chi connectivity index (χ4v) is 2.75. The van der Waals surface area contributed by atoms with E-state index in [-0.39, 0.29) is 0 Å². The van der Waals surface area contributed by atoms with E-state index in [0.29, 0.717) is 6.04 Å². The van der Waals surface area contributed by atoms with Crippen molar-refractivity contribution in [2.24, 2.45) is 5.92 Å². The summed E-state index contributed by atoms with van der Waals surface area (Å²) in [6.45, 7) is 7.55. The molecule has 2 heterocycles. The van der Waals surface area contributed by atoms with E-state index in [1.165, 1.54) is 22.9 Å². The van der Waals surface area contributed by atoms with Crippen molar-refractivity contribution < 1.29 is 0 Å². The third-order valence-corrected chi connectivity index (χ3v) is 3.92. The Bertz CT molecular complexity index is 311. The van der Waals surface area contributed by atoms with Gasteiger partial charge in [-0.3, -0.25) is 0 Å². The lowest BCUT2D eigenvalue weighted by Crippen LogP contribution is -2.36. The first-order chi connectivity index (χ1) is 7.25. The number of aryl methyl sites for hydroxylation is 1. The zero-order valence-corrected chi connectivity index (χ0v) is 10.2. The summed E-state index contributed by atoms with van der Waals surface area (Å²) in [5.41, 5.74) is 0. The molecular formula is C11H19N3S. The van der Waals surface area contributed by atoms with Gasteiger partial charge in [0, 0.05) is 30.2 Å². The molecule has 0 bridgehead atoms. The molecule has 1 aromatic rings. The average molecular weight is 225 g/mol. The van der Waals surface area contributed by atoms with Gasteiger partial charge in [-0.15, -0.1) is 11.3 Å². The summed E-state index contributed by atoms with van der Waals surface area (Å²) in [4.78, 5) is 5.63. The lowest BCUT2D eigenvalue weighted by atomic mass is 10.0. The summed E-state index contributed by atoms with van der Waals surface area (Å²) in [5.74, 6) is 0.801. The van der Waals surface area contributed by atoms with Crippen LogP contribution in [0.15, 0.2) is 6.20 Å². The number of aromatic nitrogens is 1. The number of thiazole rings is 1. The van der Waals surface area contributed by atoms with Gasteiger partial charge in [-0.05, 0) is 25.8 Å². The van der Waals surface area contributed by atoms with Crippen LogP contribution in [0.5, 0.6) is 0 Å². The molecule has 1 aromatic heterocycles. The van der Waals surface area contributed by atoms with Gasteiger partial charge >= 0.3 is 0 Å². The van der Waals surface area contributed by atoms with E-state index in [4.69, 9.17) is 0 Å². The van der Waals surface area contributed by atoms with Crippen LogP contribution in [-0.4, -0.2) is 24.1 Å². The largest absolute Gasteiger partial charge is 0.312 e. The molecule has 1 aliphatic heterocycles. The lowest BCUT2D eigenvalue weighted by molar-refractivity contribution is 0.448. The van der Waals surface area contributed by atoms with E-state index < -0.39 is 0 Å². The minimum absolute atomic E-state index is 0.644. The number of hydrogen-bond donors (Lipinski definition) is 2. The number of nitrogens with zero attached hydrogens (tertiary/aromatic N) is 1. The highest BCUT2D eigenvalue weighted by Crippen LogP contribution is 2.14. The Labute approximate surface area is 95.3 Å². The Hall–Kier alpha value is -0.450. The molecule has 0 spiro atoms. The molecule has 84 valence electrons. The maximum absolute atomic E-state index is 4.33. The monoisotopic (exact) mass is 225 g/mol.